The maximum atomic E-state index is 12.0. The highest BCUT2D eigenvalue weighted by Crippen LogP contribution is 2.27. The standard InChI is InChI=1S/C12H24N2OS/c1-3-16-9-6-10(2)14-11(15)12(13)7-4-5-8-12/h10H,3-9,13H2,1-2H3,(H,14,15). The van der Waals surface area contributed by atoms with Crippen LogP contribution in [0.1, 0.15) is 46.0 Å². The summed E-state index contributed by atoms with van der Waals surface area (Å²) in [5, 5.41) is 3.04. The van der Waals surface area contributed by atoms with Gasteiger partial charge >= 0.3 is 0 Å². The van der Waals surface area contributed by atoms with E-state index in [0.717, 1.165) is 43.6 Å². The van der Waals surface area contributed by atoms with Gasteiger partial charge in [-0.25, -0.2) is 0 Å². The third kappa shape index (κ3) is 3.98. The Kier molecular flexibility index (Phi) is 5.62. The van der Waals surface area contributed by atoms with Crippen molar-refractivity contribution < 1.29 is 4.79 Å². The SMILES string of the molecule is CCSCCC(C)NC(=O)C1(N)CCCC1. The lowest BCUT2D eigenvalue weighted by Crippen LogP contribution is -2.54. The number of amides is 1. The summed E-state index contributed by atoms with van der Waals surface area (Å²) in [6.45, 7) is 4.22. The number of hydrogen-bond acceptors (Lipinski definition) is 3. The highest BCUT2D eigenvalue weighted by atomic mass is 32.2. The molecule has 1 fully saturated rings. The van der Waals surface area contributed by atoms with Crippen molar-refractivity contribution in [3.05, 3.63) is 0 Å². The fraction of sp³-hybridized carbons (Fsp3) is 0.917. The van der Waals surface area contributed by atoms with Gasteiger partial charge in [0.05, 0.1) is 5.54 Å². The van der Waals surface area contributed by atoms with Gasteiger partial charge < -0.3 is 11.1 Å². The normalized spacial score (nSPS) is 20.7. The van der Waals surface area contributed by atoms with E-state index in [1.54, 1.807) is 0 Å². The van der Waals surface area contributed by atoms with Crippen molar-refractivity contribution in [3.8, 4) is 0 Å². The molecule has 3 nitrogen and oxygen atoms in total. The fourth-order valence-electron chi connectivity index (χ4n) is 2.08. The molecule has 0 saturated heterocycles. The quantitative estimate of drug-likeness (QED) is 0.702. The Morgan fingerprint density at radius 3 is 2.69 bits per heavy atom. The smallest absolute Gasteiger partial charge is 0.240 e. The summed E-state index contributed by atoms with van der Waals surface area (Å²) in [6, 6.07) is 0.243. The molecular formula is C12H24N2OS. The largest absolute Gasteiger partial charge is 0.352 e. The van der Waals surface area contributed by atoms with Gasteiger partial charge in [0.2, 0.25) is 5.91 Å². The molecular weight excluding hydrogens is 220 g/mol. The monoisotopic (exact) mass is 244 g/mol. The minimum absolute atomic E-state index is 0.0546. The van der Waals surface area contributed by atoms with Gasteiger partial charge in [0.25, 0.3) is 0 Å². The summed E-state index contributed by atoms with van der Waals surface area (Å²) in [5.41, 5.74) is 5.51. The summed E-state index contributed by atoms with van der Waals surface area (Å²) in [4.78, 5) is 12.0. The summed E-state index contributed by atoms with van der Waals surface area (Å²) >= 11 is 1.91. The molecule has 94 valence electrons. The summed E-state index contributed by atoms with van der Waals surface area (Å²) in [5.74, 6) is 2.30. The van der Waals surface area contributed by atoms with Gasteiger partial charge in [-0.1, -0.05) is 19.8 Å². The molecule has 1 atom stereocenters. The number of carbonyl (C=O) groups excluding carboxylic acids is 1. The molecule has 1 aliphatic carbocycles. The van der Waals surface area contributed by atoms with Crippen LogP contribution >= 0.6 is 11.8 Å². The predicted molar refractivity (Wildman–Crippen MR) is 70.6 cm³/mol. The predicted octanol–water partition coefficient (Wildman–Crippen LogP) is 1.91. The minimum Gasteiger partial charge on any atom is -0.352 e. The summed E-state index contributed by atoms with van der Waals surface area (Å²) in [6.07, 6.45) is 4.89. The van der Waals surface area contributed by atoms with Crippen molar-refractivity contribution in [1.29, 1.82) is 0 Å². The molecule has 0 aromatic rings. The molecule has 1 aliphatic rings. The van der Waals surface area contributed by atoms with Gasteiger partial charge in [-0.2, -0.15) is 11.8 Å². The van der Waals surface area contributed by atoms with Crippen LogP contribution in [0.25, 0.3) is 0 Å². The number of rotatable bonds is 6. The second kappa shape index (κ2) is 6.50. The molecule has 0 heterocycles. The van der Waals surface area contributed by atoms with Crippen LogP contribution in [-0.4, -0.2) is 29.0 Å². The molecule has 0 spiro atoms. The van der Waals surface area contributed by atoms with E-state index in [9.17, 15) is 4.79 Å². The topological polar surface area (TPSA) is 55.1 Å². The van der Waals surface area contributed by atoms with Crippen LogP contribution in [0.5, 0.6) is 0 Å². The van der Waals surface area contributed by atoms with Crippen molar-refractivity contribution in [1.82, 2.24) is 5.32 Å². The lowest BCUT2D eigenvalue weighted by atomic mass is 9.97. The van der Waals surface area contributed by atoms with Gasteiger partial charge in [0.1, 0.15) is 0 Å². The van der Waals surface area contributed by atoms with E-state index < -0.39 is 5.54 Å². The summed E-state index contributed by atoms with van der Waals surface area (Å²) in [7, 11) is 0. The number of carbonyl (C=O) groups is 1. The third-order valence-electron chi connectivity index (χ3n) is 3.22. The van der Waals surface area contributed by atoms with Crippen molar-refractivity contribution in [3.63, 3.8) is 0 Å². The van der Waals surface area contributed by atoms with E-state index in [2.05, 4.69) is 19.2 Å². The molecule has 3 N–H and O–H groups in total. The van der Waals surface area contributed by atoms with Gasteiger partial charge in [-0.15, -0.1) is 0 Å². The van der Waals surface area contributed by atoms with Crippen LogP contribution in [0.2, 0.25) is 0 Å². The average Bonchev–Trinajstić information content (AvgIpc) is 2.67. The summed E-state index contributed by atoms with van der Waals surface area (Å²) < 4.78 is 0. The fourth-order valence-corrected chi connectivity index (χ4v) is 2.89. The van der Waals surface area contributed by atoms with Gasteiger partial charge in [-0.3, -0.25) is 4.79 Å². The molecule has 1 rings (SSSR count). The molecule has 1 saturated carbocycles. The third-order valence-corrected chi connectivity index (χ3v) is 4.16. The van der Waals surface area contributed by atoms with Crippen LogP contribution < -0.4 is 11.1 Å². The van der Waals surface area contributed by atoms with E-state index >= 15 is 0 Å². The van der Waals surface area contributed by atoms with E-state index in [-0.39, 0.29) is 11.9 Å². The molecule has 0 aliphatic heterocycles. The first-order chi connectivity index (χ1) is 7.58. The second-order valence-electron chi connectivity index (χ2n) is 4.72. The van der Waals surface area contributed by atoms with Crippen LogP contribution in [0.4, 0.5) is 0 Å². The molecule has 4 heteroatoms. The lowest BCUT2D eigenvalue weighted by molar-refractivity contribution is -0.126. The van der Waals surface area contributed by atoms with Crippen LogP contribution in [0.15, 0.2) is 0 Å². The Bertz CT molecular complexity index is 227. The molecule has 0 aromatic carbocycles. The zero-order valence-corrected chi connectivity index (χ0v) is 11.2. The van der Waals surface area contributed by atoms with Gasteiger partial charge in [0.15, 0.2) is 0 Å². The van der Waals surface area contributed by atoms with Crippen molar-refractivity contribution >= 4 is 17.7 Å². The van der Waals surface area contributed by atoms with Gasteiger partial charge in [-0.05, 0) is 37.7 Å². The Labute approximate surface area is 103 Å². The lowest BCUT2D eigenvalue weighted by Gasteiger charge is -2.25. The Morgan fingerprint density at radius 2 is 2.12 bits per heavy atom. The highest BCUT2D eigenvalue weighted by Gasteiger charge is 2.37. The molecule has 1 unspecified atom stereocenters. The molecule has 0 aromatic heterocycles. The zero-order valence-electron chi connectivity index (χ0n) is 10.4. The van der Waals surface area contributed by atoms with E-state index in [4.69, 9.17) is 5.73 Å². The average molecular weight is 244 g/mol. The first-order valence-corrected chi connectivity index (χ1v) is 7.41. The van der Waals surface area contributed by atoms with E-state index in [1.807, 2.05) is 11.8 Å². The van der Waals surface area contributed by atoms with E-state index in [1.165, 1.54) is 0 Å². The van der Waals surface area contributed by atoms with Crippen LogP contribution in [0.3, 0.4) is 0 Å². The first kappa shape index (κ1) is 13.8. The molecule has 1 amide bonds. The Morgan fingerprint density at radius 1 is 1.50 bits per heavy atom. The Hall–Kier alpha value is -0.220. The number of nitrogens with one attached hydrogen (secondary N) is 1. The Balaban J connectivity index is 2.27. The van der Waals surface area contributed by atoms with Crippen LogP contribution in [0, 0.1) is 0 Å². The highest BCUT2D eigenvalue weighted by molar-refractivity contribution is 7.99. The number of thioether (sulfide) groups is 1. The number of hydrogen-bond donors (Lipinski definition) is 2. The second-order valence-corrected chi connectivity index (χ2v) is 6.12. The van der Waals surface area contributed by atoms with Gasteiger partial charge in [0, 0.05) is 6.04 Å². The van der Waals surface area contributed by atoms with Crippen LogP contribution in [-0.2, 0) is 4.79 Å². The van der Waals surface area contributed by atoms with E-state index in [0.29, 0.717) is 0 Å². The van der Waals surface area contributed by atoms with Crippen molar-refractivity contribution in [2.75, 3.05) is 11.5 Å². The maximum Gasteiger partial charge on any atom is 0.240 e. The molecule has 0 bridgehead atoms. The van der Waals surface area contributed by atoms with Crippen molar-refractivity contribution in [2.24, 2.45) is 5.73 Å². The minimum atomic E-state index is -0.577. The number of nitrogens with two attached hydrogens (primary N) is 1. The molecule has 0 radical (unpaired) electrons. The first-order valence-electron chi connectivity index (χ1n) is 6.26. The zero-order chi connectivity index (χ0) is 12.0. The van der Waals surface area contributed by atoms with Crippen molar-refractivity contribution in [2.45, 2.75) is 57.5 Å². The molecule has 16 heavy (non-hydrogen) atoms. The maximum absolute atomic E-state index is 12.0.